The lowest BCUT2D eigenvalue weighted by Crippen LogP contribution is -2.71. The van der Waals surface area contributed by atoms with Crippen LogP contribution in [0.15, 0.2) is 18.2 Å². The second-order valence-corrected chi connectivity index (χ2v) is 6.23. The number of hydrogen-bond acceptors (Lipinski definition) is 1. The van der Waals surface area contributed by atoms with Crippen LogP contribution in [0.25, 0.3) is 0 Å². The van der Waals surface area contributed by atoms with Crippen molar-refractivity contribution in [1.82, 2.24) is 0 Å². The third-order valence-corrected chi connectivity index (χ3v) is 4.05. The Balaban J connectivity index is 3.46. The summed E-state index contributed by atoms with van der Waals surface area (Å²) in [4.78, 5) is 11.4. The van der Waals surface area contributed by atoms with Crippen LogP contribution in [-0.2, 0) is 4.79 Å². The summed E-state index contributed by atoms with van der Waals surface area (Å²) in [5.41, 5.74) is -1.10. The molecule has 0 atom stereocenters. The first-order valence-corrected chi connectivity index (χ1v) is 7.54. The van der Waals surface area contributed by atoms with Gasteiger partial charge in [-0.1, -0.05) is 29.3 Å². The zero-order valence-corrected chi connectivity index (χ0v) is 14.8. The van der Waals surface area contributed by atoms with E-state index in [9.17, 15) is 61.9 Å². The molecule has 0 aliphatic carbocycles. The fraction of sp³-hybridized carbons (Fsp3) is 0.462. The number of rotatable bonds is 6. The zero-order valence-electron chi connectivity index (χ0n) is 13.3. The van der Waals surface area contributed by atoms with E-state index < -0.39 is 57.4 Å². The van der Waals surface area contributed by atoms with Crippen molar-refractivity contribution in [3.05, 3.63) is 28.2 Å². The largest absolute Gasteiger partial charge is 0.460 e. The van der Waals surface area contributed by atoms with Gasteiger partial charge in [0, 0.05) is 0 Å². The topological polar surface area (TPSA) is 29.1 Å². The fourth-order valence-electron chi connectivity index (χ4n) is 1.72. The Morgan fingerprint density at radius 3 is 1.40 bits per heavy atom. The molecule has 0 fully saturated rings. The van der Waals surface area contributed by atoms with E-state index in [0.717, 1.165) is 23.5 Å². The van der Waals surface area contributed by atoms with Gasteiger partial charge in [-0.05, 0) is 12.1 Å². The van der Waals surface area contributed by atoms with E-state index in [-0.39, 0.29) is 0 Å². The Morgan fingerprint density at radius 1 is 0.667 bits per heavy atom. The number of carbonyl (C=O) groups excluding carboxylic acids is 1. The second kappa shape index (κ2) is 7.50. The molecule has 30 heavy (non-hydrogen) atoms. The van der Waals surface area contributed by atoms with Crippen molar-refractivity contribution in [3.8, 4) is 0 Å². The van der Waals surface area contributed by atoms with Gasteiger partial charge in [0.2, 0.25) is 0 Å². The minimum Gasteiger partial charge on any atom is -0.318 e. The summed E-state index contributed by atoms with van der Waals surface area (Å²) in [6.45, 7) is 0. The molecule has 1 aromatic rings. The second-order valence-electron chi connectivity index (χ2n) is 5.42. The van der Waals surface area contributed by atoms with E-state index in [4.69, 9.17) is 23.2 Å². The third kappa shape index (κ3) is 3.74. The Bertz CT molecular complexity index is 801. The molecule has 0 spiro atoms. The molecule has 0 saturated carbocycles. The van der Waals surface area contributed by atoms with Gasteiger partial charge < -0.3 is 5.32 Å². The predicted molar refractivity (Wildman–Crippen MR) is 75.9 cm³/mol. The summed E-state index contributed by atoms with van der Waals surface area (Å²) in [7, 11) is 0. The molecule has 0 radical (unpaired) electrons. The summed E-state index contributed by atoms with van der Waals surface area (Å²) in [6.07, 6.45) is -7.54. The van der Waals surface area contributed by atoms with Crippen LogP contribution in [0.2, 0.25) is 10.0 Å². The van der Waals surface area contributed by atoms with E-state index >= 15 is 0 Å². The van der Waals surface area contributed by atoms with Gasteiger partial charge in [0.25, 0.3) is 0 Å². The Labute approximate surface area is 166 Å². The highest BCUT2D eigenvalue weighted by Gasteiger charge is 2.91. The molecule has 1 rings (SSSR count). The summed E-state index contributed by atoms with van der Waals surface area (Å²) in [5, 5.41) is -0.684. The first-order valence-electron chi connectivity index (χ1n) is 6.78. The maximum atomic E-state index is 13.7. The van der Waals surface area contributed by atoms with Gasteiger partial charge in [0.05, 0.1) is 15.7 Å². The van der Waals surface area contributed by atoms with Crippen LogP contribution in [0.1, 0.15) is 0 Å². The fourth-order valence-corrected chi connectivity index (χ4v) is 2.21. The van der Waals surface area contributed by atoms with Crippen molar-refractivity contribution < 1.29 is 61.9 Å². The van der Waals surface area contributed by atoms with Gasteiger partial charge in [0.15, 0.2) is 0 Å². The molecule has 17 heteroatoms. The minimum absolute atomic E-state index is 0.740. The minimum atomic E-state index is -8.10. The van der Waals surface area contributed by atoms with E-state index in [0.29, 0.717) is 0 Å². The Kier molecular flexibility index (Phi) is 6.60. The molecule has 1 amide bonds. The lowest BCUT2D eigenvalue weighted by molar-refractivity contribution is -0.435. The third-order valence-electron chi connectivity index (χ3n) is 3.42. The number of carbonyl (C=O) groups is 1. The smallest absolute Gasteiger partial charge is 0.318 e. The molecule has 0 aliphatic heterocycles. The van der Waals surface area contributed by atoms with Crippen molar-refractivity contribution in [2.45, 2.75) is 35.8 Å². The Morgan fingerprint density at radius 2 is 1.03 bits per heavy atom. The maximum absolute atomic E-state index is 13.7. The molecule has 0 heterocycles. The number of alkyl halides is 13. The van der Waals surface area contributed by atoms with Crippen LogP contribution < -0.4 is 5.32 Å². The molecule has 0 aromatic heterocycles. The predicted octanol–water partition coefficient (Wildman–Crippen LogP) is 6.67. The van der Waals surface area contributed by atoms with Crippen LogP contribution in [0.4, 0.5) is 62.8 Å². The molecule has 1 aromatic carbocycles. The highest BCUT2D eigenvalue weighted by Crippen LogP contribution is 2.60. The maximum Gasteiger partial charge on any atom is 0.460 e. The number of para-hydroxylation sites is 1. The SMILES string of the molecule is O=C(Nc1c(Cl)cccc1Cl)C(F)(F)C(F)(F)C(F)(F)C(F)(F)C(F)(F)C(F)(F)F. The monoisotopic (exact) mass is 507 g/mol. The van der Waals surface area contributed by atoms with E-state index in [2.05, 4.69) is 0 Å². The molecular weight excluding hydrogens is 504 g/mol. The molecule has 0 bridgehead atoms. The average molecular weight is 508 g/mol. The zero-order chi connectivity index (χ0) is 24.1. The highest BCUT2D eigenvalue weighted by atomic mass is 35.5. The van der Waals surface area contributed by atoms with E-state index in [1.807, 2.05) is 0 Å². The molecule has 172 valence electrons. The van der Waals surface area contributed by atoms with Crippen LogP contribution in [-0.4, -0.2) is 41.7 Å². The summed E-state index contributed by atoms with van der Waals surface area (Å²) in [6, 6.07) is 2.65. The van der Waals surface area contributed by atoms with Crippen molar-refractivity contribution >= 4 is 34.8 Å². The number of anilines is 1. The lowest BCUT2D eigenvalue weighted by atomic mass is 9.93. The van der Waals surface area contributed by atoms with E-state index in [1.54, 1.807) is 0 Å². The summed E-state index contributed by atoms with van der Waals surface area (Å²) >= 11 is 10.8. The van der Waals surface area contributed by atoms with Crippen molar-refractivity contribution in [2.75, 3.05) is 5.32 Å². The molecule has 2 nitrogen and oxygen atoms in total. The number of halogens is 15. The van der Waals surface area contributed by atoms with Gasteiger partial charge in [-0.3, -0.25) is 4.79 Å². The number of amides is 1. The van der Waals surface area contributed by atoms with Gasteiger partial charge in [-0.15, -0.1) is 0 Å². The standard InChI is InChI=1S/C13H4Cl2F13NO/c14-4-2-1-3-5(15)6(4)29-7(30)8(16,17)9(18,19)10(20,21)11(22,23)12(24,25)13(26,27)28/h1-3H,(H,29,30). The first-order chi connectivity index (χ1) is 13.1. The molecule has 1 N–H and O–H groups in total. The van der Waals surface area contributed by atoms with E-state index in [1.165, 1.54) is 0 Å². The van der Waals surface area contributed by atoms with Gasteiger partial charge in [0.1, 0.15) is 0 Å². The normalized spacial score (nSPS) is 14.6. The lowest BCUT2D eigenvalue weighted by Gasteiger charge is -2.39. The van der Waals surface area contributed by atoms with Crippen molar-refractivity contribution in [3.63, 3.8) is 0 Å². The van der Waals surface area contributed by atoms with Gasteiger partial charge >= 0.3 is 41.7 Å². The summed E-state index contributed by atoms with van der Waals surface area (Å²) in [5.74, 6) is -42.3. The number of benzene rings is 1. The highest BCUT2D eigenvalue weighted by molar-refractivity contribution is 6.39. The first kappa shape index (κ1) is 26.4. The van der Waals surface area contributed by atoms with Gasteiger partial charge in [-0.2, -0.15) is 57.1 Å². The molecule has 0 unspecified atom stereocenters. The quantitative estimate of drug-likeness (QED) is 0.428. The average Bonchev–Trinajstić information content (AvgIpc) is 2.56. The number of nitrogens with one attached hydrogen (secondary N) is 1. The van der Waals surface area contributed by atoms with Crippen LogP contribution in [0.5, 0.6) is 0 Å². The van der Waals surface area contributed by atoms with Crippen LogP contribution in [0, 0.1) is 0 Å². The van der Waals surface area contributed by atoms with Gasteiger partial charge in [-0.25, -0.2) is 0 Å². The van der Waals surface area contributed by atoms with Crippen molar-refractivity contribution in [1.29, 1.82) is 0 Å². The van der Waals surface area contributed by atoms with Crippen molar-refractivity contribution in [2.24, 2.45) is 0 Å². The molecule has 0 aliphatic rings. The molecule has 0 saturated heterocycles. The van der Waals surface area contributed by atoms with Crippen LogP contribution in [0.3, 0.4) is 0 Å². The number of hydrogen-bond donors (Lipinski definition) is 1. The molecular formula is C13H4Cl2F13NO. The van der Waals surface area contributed by atoms with Crippen LogP contribution >= 0.6 is 23.2 Å². The Hall–Kier alpha value is -1.64. The summed E-state index contributed by atoms with van der Waals surface area (Å²) < 4.78 is 169.